The quantitative estimate of drug-likeness (QED) is 0.742. The first kappa shape index (κ1) is 17.9. The van der Waals surface area contributed by atoms with E-state index in [1.165, 1.54) is 12.8 Å². The molecule has 0 radical (unpaired) electrons. The van der Waals surface area contributed by atoms with Gasteiger partial charge in [0.25, 0.3) is 0 Å². The molecule has 0 aromatic rings. The van der Waals surface area contributed by atoms with Crippen molar-refractivity contribution in [2.75, 3.05) is 26.8 Å². The molecule has 0 spiro atoms. The second-order valence-electron chi connectivity index (χ2n) is 7.19. The number of ether oxygens (including phenoxy) is 1. The van der Waals surface area contributed by atoms with Crippen LogP contribution in [0.25, 0.3) is 0 Å². The van der Waals surface area contributed by atoms with Crippen LogP contribution in [0.15, 0.2) is 0 Å². The van der Waals surface area contributed by atoms with E-state index in [2.05, 4.69) is 32.6 Å². The standard InChI is InChI=1S/C17H35NO2/c1-6-15(7-2)18(10-11-20-5)13-14-12-17(3,4)9-8-16(14)19/h14-16,19H,6-13H2,1-5H3. The van der Waals surface area contributed by atoms with E-state index in [0.717, 1.165) is 39.0 Å². The van der Waals surface area contributed by atoms with E-state index < -0.39 is 0 Å². The Labute approximate surface area is 125 Å². The Morgan fingerprint density at radius 3 is 2.50 bits per heavy atom. The van der Waals surface area contributed by atoms with Crippen molar-refractivity contribution in [3.8, 4) is 0 Å². The third-order valence-corrected chi connectivity index (χ3v) is 4.99. The van der Waals surface area contributed by atoms with Crippen LogP contribution < -0.4 is 0 Å². The van der Waals surface area contributed by atoms with Gasteiger partial charge in [-0.25, -0.2) is 0 Å². The SMILES string of the molecule is CCC(CC)N(CCOC)CC1CC(C)(C)CCC1O. The summed E-state index contributed by atoms with van der Waals surface area (Å²) in [6, 6.07) is 0.613. The Morgan fingerprint density at radius 1 is 1.30 bits per heavy atom. The van der Waals surface area contributed by atoms with E-state index in [-0.39, 0.29) is 6.10 Å². The topological polar surface area (TPSA) is 32.7 Å². The molecule has 1 rings (SSSR count). The predicted octanol–water partition coefficient (Wildman–Crippen LogP) is 3.31. The van der Waals surface area contributed by atoms with Crippen LogP contribution in [0.1, 0.15) is 59.8 Å². The molecule has 0 aromatic carbocycles. The van der Waals surface area contributed by atoms with Crippen molar-refractivity contribution < 1.29 is 9.84 Å². The summed E-state index contributed by atoms with van der Waals surface area (Å²) in [6.07, 6.45) is 5.46. The number of aliphatic hydroxyl groups excluding tert-OH is 1. The van der Waals surface area contributed by atoms with Gasteiger partial charge in [0, 0.05) is 26.2 Å². The van der Waals surface area contributed by atoms with Gasteiger partial charge in [0.05, 0.1) is 12.7 Å². The van der Waals surface area contributed by atoms with Crippen LogP contribution in [0.5, 0.6) is 0 Å². The fourth-order valence-electron chi connectivity index (χ4n) is 3.65. The zero-order chi connectivity index (χ0) is 15.2. The number of aliphatic hydroxyl groups is 1. The van der Waals surface area contributed by atoms with Crippen LogP contribution in [0.2, 0.25) is 0 Å². The van der Waals surface area contributed by atoms with E-state index in [1.807, 2.05) is 0 Å². The molecule has 0 saturated heterocycles. The second-order valence-corrected chi connectivity index (χ2v) is 7.19. The van der Waals surface area contributed by atoms with Gasteiger partial charge in [-0.05, 0) is 43.4 Å². The van der Waals surface area contributed by atoms with Crippen LogP contribution in [-0.4, -0.2) is 49.0 Å². The van der Waals surface area contributed by atoms with Crippen molar-refractivity contribution in [1.29, 1.82) is 0 Å². The maximum Gasteiger partial charge on any atom is 0.0589 e. The molecule has 1 saturated carbocycles. The smallest absolute Gasteiger partial charge is 0.0589 e. The minimum absolute atomic E-state index is 0.123. The van der Waals surface area contributed by atoms with Gasteiger partial charge in [-0.2, -0.15) is 0 Å². The molecule has 3 heteroatoms. The lowest BCUT2D eigenvalue weighted by molar-refractivity contribution is -0.00784. The molecule has 3 nitrogen and oxygen atoms in total. The maximum absolute atomic E-state index is 10.3. The molecular weight excluding hydrogens is 250 g/mol. The minimum Gasteiger partial charge on any atom is -0.393 e. The molecule has 1 aliphatic carbocycles. The summed E-state index contributed by atoms with van der Waals surface area (Å²) in [5, 5.41) is 10.3. The van der Waals surface area contributed by atoms with Crippen LogP contribution in [0.3, 0.4) is 0 Å². The van der Waals surface area contributed by atoms with Crippen molar-refractivity contribution in [3.05, 3.63) is 0 Å². The molecule has 0 heterocycles. The van der Waals surface area contributed by atoms with E-state index in [1.54, 1.807) is 7.11 Å². The molecule has 2 unspecified atom stereocenters. The van der Waals surface area contributed by atoms with Crippen LogP contribution in [-0.2, 0) is 4.74 Å². The molecule has 2 atom stereocenters. The summed E-state index contributed by atoms with van der Waals surface area (Å²) in [7, 11) is 1.77. The van der Waals surface area contributed by atoms with Gasteiger partial charge in [-0.3, -0.25) is 4.90 Å². The van der Waals surface area contributed by atoms with Crippen LogP contribution in [0.4, 0.5) is 0 Å². The summed E-state index contributed by atoms with van der Waals surface area (Å²) >= 11 is 0. The highest BCUT2D eigenvalue weighted by Crippen LogP contribution is 2.39. The lowest BCUT2D eigenvalue weighted by Gasteiger charge is -2.42. The molecular formula is C17H35NO2. The van der Waals surface area contributed by atoms with E-state index in [9.17, 15) is 5.11 Å². The highest BCUT2D eigenvalue weighted by Gasteiger charge is 2.35. The van der Waals surface area contributed by atoms with Crippen molar-refractivity contribution in [2.24, 2.45) is 11.3 Å². The van der Waals surface area contributed by atoms with Crippen LogP contribution in [0, 0.1) is 11.3 Å². The molecule has 0 aromatic heterocycles. The monoisotopic (exact) mass is 285 g/mol. The molecule has 1 fully saturated rings. The molecule has 0 aliphatic heterocycles. The maximum atomic E-state index is 10.3. The third kappa shape index (κ3) is 5.34. The van der Waals surface area contributed by atoms with Crippen molar-refractivity contribution >= 4 is 0 Å². The van der Waals surface area contributed by atoms with Gasteiger partial charge >= 0.3 is 0 Å². The largest absolute Gasteiger partial charge is 0.393 e. The van der Waals surface area contributed by atoms with E-state index in [0.29, 0.717) is 17.4 Å². The van der Waals surface area contributed by atoms with Crippen molar-refractivity contribution in [1.82, 2.24) is 4.90 Å². The molecule has 0 amide bonds. The fraction of sp³-hybridized carbons (Fsp3) is 1.00. The number of nitrogens with zero attached hydrogens (tertiary/aromatic N) is 1. The van der Waals surface area contributed by atoms with E-state index >= 15 is 0 Å². The van der Waals surface area contributed by atoms with Crippen molar-refractivity contribution in [3.63, 3.8) is 0 Å². The molecule has 1 aliphatic rings. The van der Waals surface area contributed by atoms with Gasteiger partial charge in [0.2, 0.25) is 0 Å². The summed E-state index contributed by atoms with van der Waals surface area (Å²) < 4.78 is 5.26. The number of methoxy groups -OCH3 is 1. The Hall–Kier alpha value is -0.120. The Morgan fingerprint density at radius 2 is 1.95 bits per heavy atom. The zero-order valence-corrected chi connectivity index (χ0v) is 14.2. The highest BCUT2D eigenvalue weighted by atomic mass is 16.5. The average molecular weight is 285 g/mol. The lowest BCUT2D eigenvalue weighted by Crippen LogP contribution is -2.45. The number of rotatable bonds is 8. The first-order valence-electron chi connectivity index (χ1n) is 8.34. The van der Waals surface area contributed by atoms with Gasteiger partial charge in [-0.1, -0.05) is 27.7 Å². The minimum atomic E-state index is -0.123. The first-order valence-corrected chi connectivity index (χ1v) is 8.34. The number of hydrogen-bond acceptors (Lipinski definition) is 3. The van der Waals surface area contributed by atoms with Crippen LogP contribution >= 0.6 is 0 Å². The Bertz CT molecular complexity index is 264. The fourth-order valence-corrected chi connectivity index (χ4v) is 3.65. The van der Waals surface area contributed by atoms with E-state index in [4.69, 9.17) is 4.74 Å². The molecule has 20 heavy (non-hydrogen) atoms. The Kier molecular flexibility index (Phi) is 7.49. The van der Waals surface area contributed by atoms with Gasteiger partial charge in [-0.15, -0.1) is 0 Å². The zero-order valence-electron chi connectivity index (χ0n) is 14.2. The van der Waals surface area contributed by atoms with Crippen molar-refractivity contribution in [2.45, 2.75) is 71.9 Å². The summed E-state index contributed by atoms with van der Waals surface area (Å²) in [4.78, 5) is 2.54. The van der Waals surface area contributed by atoms with Gasteiger partial charge in [0.1, 0.15) is 0 Å². The third-order valence-electron chi connectivity index (χ3n) is 4.99. The molecule has 120 valence electrons. The molecule has 0 bridgehead atoms. The second kappa shape index (κ2) is 8.35. The average Bonchev–Trinajstić information content (AvgIpc) is 2.41. The highest BCUT2D eigenvalue weighted by molar-refractivity contribution is 4.87. The molecule has 1 N–H and O–H groups in total. The summed E-state index contributed by atoms with van der Waals surface area (Å²) in [5.74, 6) is 0.413. The summed E-state index contributed by atoms with van der Waals surface area (Å²) in [5.41, 5.74) is 0.380. The van der Waals surface area contributed by atoms with Gasteiger partial charge < -0.3 is 9.84 Å². The summed E-state index contributed by atoms with van der Waals surface area (Å²) in [6.45, 7) is 12.0. The Balaban J connectivity index is 2.66. The first-order chi connectivity index (χ1) is 9.43. The normalized spacial score (nSPS) is 26.4. The lowest BCUT2D eigenvalue weighted by atomic mass is 9.70. The predicted molar refractivity (Wildman–Crippen MR) is 84.9 cm³/mol. The van der Waals surface area contributed by atoms with Gasteiger partial charge in [0.15, 0.2) is 0 Å². The number of hydrogen-bond donors (Lipinski definition) is 1.